The molecule has 20 heavy (non-hydrogen) atoms. The Bertz CT molecular complexity index is 577. The highest BCUT2D eigenvalue weighted by atomic mass is 35.5. The number of nitrogens with one attached hydrogen (secondary N) is 1. The SMILES string of the molecule is [N-]=[N+]=NC(CNCc1ccccc1)c1ccc(Cl)cc1. The number of azide groups is 1. The van der Waals surface area contributed by atoms with Gasteiger partial charge in [0, 0.05) is 23.0 Å². The summed E-state index contributed by atoms with van der Waals surface area (Å²) in [7, 11) is 0. The first kappa shape index (κ1) is 14.4. The van der Waals surface area contributed by atoms with Gasteiger partial charge in [0.25, 0.3) is 0 Å². The maximum atomic E-state index is 8.67. The molecule has 0 aliphatic rings. The molecular weight excluding hydrogens is 272 g/mol. The molecule has 1 unspecified atom stereocenters. The molecule has 5 heteroatoms. The smallest absolute Gasteiger partial charge is 0.0749 e. The Morgan fingerprint density at radius 3 is 2.45 bits per heavy atom. The second-order valence-electron chi connectivity index (χ2n) is 4.39. The molecule has 102 valence electrons. The van der Waals surface area contributed by atoms with Crippen LogP contribution in [0.1, 0.15) is 17.2 Å². The number of benzene rings is 2. The van der Waals surface area contributed by atoms with Gasteiger partial charge in [0.05, 0.1) is 6.04 Å². The van der Waals surface area contributed by atoms with Gasteiger partial charge >= 0.3 is 0 Å². The Morgan fingerprint density at radius 2 is 1.80 bits per heavy atom. The third kappa shape index (κ3) is 4.28. The summed E-state index contributed by atoms with van der Waals surface area (Å²) in [6.07, 6.45) is 0. The first-order valence-corrected chi connectivity index (χ1v) is 6.71. The van der Waals surface area contributed by atoms with Crippen LogP contribution in [-0.2, 0) is 6.54 Å². The minimum Gasteiger partial charge on any atom is -0.312 e. The summed E-state index contributed by atoms with van der Waals surface area (Å²) in [6.45, 7) is 1.33. The molecule has 0 heterocycles. The van der Waals surface area contributed by atoms with E-state index < -0.39 is 0 Å². The van der Waals surface area contributed by atoms with Crippen molar-refractivity contribution >= 4 is 11.6 Å². The van der Waals surface area contributed by atoms with Crippen LogP contribution >= 0.6 is 11.6 Å². The number of halogens is 1. The second-order valence-corrected chi connectivity index (χ2v) is 4.83. The van der Waals surface area contributed by atoms with Crippen LogP contribution in [0, 0.1) is 0 Å². The van der Waals surface area contributed by atoms with E-state index in [4.69, 9.17) is 17.1 Å². The van der Waals surface area contributed by atoms with Gasteiger partial charge in [0.2, 0.25) is 0 Å². The van der Waals surface area contributed by atoms with Crippen LogP contribution < -0.4 is 5.32 Å². The Kier molecular flexibility index (Phi) is 5.44. The summed E-state index contributed by atoms with van der Waals surface area (Å²) in [5, 5.41) is 7.80. The molecule has 0 saturated carbocycles. The van der Waals surface area contributed by atoms with Crippen LogP contribution in [-0.4, -0.2) is 6.54 Å². The Balaban J connectivity index is 1.96. The quantitative estimate of drug-likeness (QED) is 0.475. The van der Waals surface area contributed by atoms with Gasteiger partial charge in [0.15, 0.2) is 0 Å². The van der Waals surface area contributed by atoms with Gasteiger partial charge in [-0.15, -0.1) is 0 Å². The van der Waals surface area contributed by atoms with Crippen molar-refractivity contribution in [3.05, 3.63) is 81.2 Å². The molecule has 4 nitrogen and oxygen atoms in total. The lowest BCUT2D eigenvalue weighted by Crippen LogP contribution is -2.20. The molecule has 0 saturated heterocycles. The molecule has 0 spiro atoms. The zero-order valence-corrected chi connectivity index (χ0v) is 11.7. The third-order valence-electron chi connectivity index (χ3n) is 2.96. The average Bonchev–Trinajstić information content (AvgIpc) is 2.48. The van der Waals surface area contributed by atoms with E-state index in [1.807, 2.05) is 30.3 Å². The predicted molar refractivity (Wildman–Crippen MR) is 81.5 cm³/mol. The summed E-state index contributed by atoms with van der Waals surface area (Å²) in [4.78, 5) is 2.91. The van der Waals surface area contributed by atoms with Gasteiger partial charge in [-0.3, -0.25) is 0 Å². The lowest BCUT2D eigenvalue weighted by atomic mass is 10.1. The van der Waals surface area contributed by atoms with Crippen LogP contribution in [0.3, 0.4) is 0 Å². The topological polar surface area (TPSA) is 60.8 Å². The third-order valence-corrected chi connectivity index (χ3v) is 3.21. The van der Waals surface area contributed by atoms with Crippen molar-refractivity contribution in [2.24, 2.45) is 5.11 Å². The summed E-state index contributed by atoms with van der Waals surface area (Å²) in [5.74, 6) is 0. The highest BCUT2D eigenvalue weighted by Gasteiger charge is 2.08. The largest absolute Gasteiger partial charge is 0.312 e. The van der Waals surface area contributed by atoms with Gasteiger partial charge < -0.3 is 5.32 Å². The van der Waals surface area contributed by atoms with Crippen LogP contribution in [0.25, 0.3) is 10.4 Å². The van der Waals surface area contributed by atoms with Gasteiger partial charge in [0.1, 0.15) is 0 Å². The maximum absolute atomic E-state index is 8.67. The van der Waals surface area contributed by atoms with Gasteiger partial charge in [-0.2, -0.15) is 0 Å². The predicted octanol–water partition coefficient (Wildman–Crippen LogP) is 4.48. The molecule has 0 radical (unpaired) electrons. The minimum absolute atomic E-state index is 0.235. The summed E-state index contributed by atoms with van der Waals surface area (Å²) < 4.78 is 0. The highest BCUT2D eigenvalue weighted by molar-refractivity contribution is 6.30. The minimum atomic E-state index is -0.235. The molecule has 0 fully saturated rings. The van der Waals surface area contributed by atoms with Crippen molar-refractivity contribution < 1.29 is 0 Å². The lowest BCUT2D eigenvalue weighted by molar-refractivity contribution is 0.596. The van der Waals surface area contributed by atoms with Crippen LogP contribution in [0.15, 0.2) is 59.7 Å². The van der Waals surface area contributed by atoms with Crippen LogP contribution in [0.2, 0.25) is 5.02 Å². The van der Waals surface area contributed by atoms with E-state index in [2.05, 4.69) is 27.5 Å². The Morgan fingerprint density at radius 1 is 1.10 bits per heavy atom. The van der Waals surface area contributed by atoms with Crippen molar-refractivity contribution in [3.8, 4) is 0 Å². The highest BCUT2D eigenvalue weighted by Crippen LogP contribution is 2.19. The van der Waals surface area contributed by atoms with E-state index in [0.29, 0.717) is 11.6 Å². The zero-order valence-electron chi connectivity index (χ0n) is 10.9. The Labute approximate surface area is 123 Å². The van der Waals surface area contributed by atoms with Gasteiger partial charge in [-0.25, -0.2) is 0 Å². The molecule has 0 bridgehead atoms. The van der Waals surface area contributed by atoms with E-state index in [1.165, 1.54) is 5.56 Å². The fraction of sp³-hybridized carbons (Fsp3) is 0.200. The molecule has 1 atom stereocenters. The first-order valence-electron chi connectivity index (χ1n) is 6.34. The number of hydrogen-bond donors (Lipinski definition) is 1. The number of nitrogens with zero attached hydrogens (tertiary/aromatic N) is 3. The van der Waals surface area contributed by atoms with Crippen LogP contribution in [0.5, 0.6) is 0 Å². The summed E-state index contributed by atoms with van der Waals surface area (Å²) in [6, 6.07) is 17.2. The Hall–Kier alpha value is -2.00. The molecule has 0 aromatic heterocycles. The fourth-order valence-electron chi connectivity index (χ4n) is 1.92. The number of rotatable bonds is 6. The van der Waals surface area contributed by atoms with Gasteiger partial charge in [-0.05, 0) is 28.8 Å². The summed E-state index contributed by atoms with van der Waals surface area (Å²) >= 11 is 5.86. The molecule has 0 aliphatic carbocycles. The van der Waals surface area contributed by atoms with Gasteiger partial charge in [-0.1, -0.05) is 59.2 Å². The van der Waals surface area contributed by atoms with Crippen LogP contribution in [0.4, 0.5) is 0 Å². The molecular formula is C15H15ClN4. The fourth-order valence-corrected chi connectivity index (χ4v) is 2.05. The normalized spacial score (nSPS) is 11.7. The van der Waals surface area contributed by atoms with E-state index in [0.717, 1.165) is 12.1 Å². The number of hydrogen-bond acceptors (Lipinski definition) is 2. The average molecular weight is 287 g/mol. The standard InChI is InChI=1S/C15H15ClN4/c16-14-8-6-13(7-9-14)15(19-20-17)11-18-10-12-4-2-1-3-5-12/h1-9,15,18H,10-11H2. The van der Waals surface area contributed by atoms with Crippen molar-refractivity contribution in [1.82, 2.24) is 5.32 Å². The van der Waals surface area contributed by atoms with E-state index in [9.17, 15) is 0 Å². The monoisotopic (exact) mass is 286 g/mol. The molecule has 0 amide bonds. The van der Waals surface area contributed by atoms with Crippen molar-refractivity contribution in [2.45, 2.75) is 12.6 Å². The summed E-state index contributed by atoms with van der Waals surface area (Å²) in [5.41, 5.74) is 10.8. The van der Waals surface area contributed by atoms with Crippen molar-refractivity contribution in [2.75, 3.05) is 6.54 Å². The molecule has 2 aromatic carbocycles. The van der Waals surface area contributed by atoms with E-state index >= 15 is 0 Å². The van der Waals surface area contributed by atoms with Crippen molar-refractivity contribution in [1.29, 1.82) is 0 Å². The molecule has 2 rings (SSSR count). The maximum Gasteiger partial charge on any atom is 0.0749 e. The first-order chi connectivity index (χ1) is 9.79. The molecule has 2 aromatic rings. The molecule has 0 aliphatic heterocycles. The van der Waals surface area contributed by atoms with E-state index in [-0.39, 0.29) is 6.04 Å². The molecule has 1 N–H and O–H groups in total. The van der Waals surface area contributed by atoms with Crippen molar-refractivity contribution in [3.63, 3.8) is 0 Å². The zero-order chi connectivity index (χ0) is 14.2. The van der Waals surface area contributed by atoms with E-state index in [1.54, 1.807) is 12.1 Å². The second kappa shape index (κ2) is 7.56. The lowest BCUT2D eigenvalue weighted by Gasteiger charge is -2.13.